The second kappa shape index (κ2) is 11.6. The summed E-state index contributed by atoms with van der Waals surface area (Å²) in [5.41, 5.74) is 3.97. The number of imidazole rings is 1. The van der Waals surface area contributed by atoms with Crippen LogP contribution < -0.4 is 19.3 Å². The van der Waals surface area contributed by atoms with E-state index >= 15 is 4.39 Å². The quantitative estimate of drug-likeness (QED) is 0.279. The van der Waals surface area contributed by atoms with Crippen molar-refractivity contribution in [3.63, 3.8) is 0 Å². The van der Waals surface area contributed by atoms with Crippen molar-refractivity contribution in [2.45, 2.75) is 57.9 Å². The third-order valence-corrected chi connectivity index (χ3v) is 9.06. The van der Waals surface area contributed by atoms with Gasteiger partial charge in [0.05, 0.1) is 36.5 Å². The monoisotopic (exact) mass is 587 g/mol. The molecular weight excluding hydrogens is 549 g/mol. The molecule has 0 radical (unpaired) electrons. The van der Waals surface area contributed by atoms with Crippen LogP contribution in [0.4, 0.5) is 15.9 Å². The molecule has 0 bridgehead atoms. The third kappa shape index (κ3) is 5.36. The summed E-state index contributed by atoms with van der Waals surface area (Å²) in [6.45, 7) is 6.71. The summed E-state index contributed by atoms with van der Waals surface area (Å²) >= 11 is 0. The lowest BCUT2D eigenvalue weighted by Gasteiger charge is -2.38. The number of fused-ring (bicyclic) bond motifs is 3. The number of halogens is 1. The molecule has 4 aromatic rings. The first kappa shape index (κ1) is 27.8. The first-order chi connectivity index (χ1) is 21.0. The minimum absolute atomic E-state index is 0.115. The fourth-order valence-electron chi connectivity index (χ4n) is 6.69. The van der Waals surface area contributed by atoms with Crippen molar-refractivity contribution in [1.29, 1.82) is 0 Å². The summed E-state index contributed by atoms with van der Waals surface area (Å²) in [5, 5.41) is 1.35. The summed E-state index contributed by atoms with van der Waals surface area (Å²) in [6.07, 6.45) is 6.83. The molecule has 0 N–H and O–H groups in total. The molecule has 0 amide bonds. The molecule has 3 aliphatic heterocycles. The number of hydrogen-bond acceptors (Lipinski definition) is 9. The molecule has 1 saturated heterocycles. The maximum Gasteiger partial charge on any atom is 0.318 e. The predicted octanol–water partition coefficient (Wildman–Crippen LogP) is 4.39. The van der Waals surface area contributed by atoms with Gasteiger partial charge in [0.15, 0.2) is 6.79 Å². The van der Waals surface area contributed by atoms with Crippen molar-refractivity contribution >= 4 is 22.3 Å². The van der Waals surface area contributed by atoms with E-state index in [1.54, 1.807) is 13.2 Å². The number of hydrogen-bond donors (Lipinski definition) is 0. The maximum atomic E-state index is 15.3. The van der Waals surface area contributed by atoms with Gasteiger partial charge < -0.3 is 33.5 Å². The second-order valence-electron chi connectivity index (χ2n) is 11.9. The Morgan fingerprint density at radius 2 is 2.00 bits per heavy atom. The van der Waals surface area contributed by atoms with Crippen LogP contribution >= 0.6 is 0 Å². The number of likely N-dealkylation sites (tertiary alicyclic amines) is 1. The molecule has 10 nitrogen and oxygen atoms in total. The first-order valence-electron chi connectivity index (χ1n) is 15.1. The Kier molecular flexibility index (Phi) is 7.52. The van der Waals surface area contributed by atoms with E-state index in [9.17, 15) is 0 Å². The van der Waals surface area contributed by atoms with Gasteiger partial charge in [0.1, 0.15) is 24.0 Å². The Bertz CT molecular complexity index is 1630. The molecule has 7 rings (SSSR count). The average molecular weight is 588 g/mol. The summed E-state index contributed by atoms with van der Waals surface area (Å²) in [6, 6.07) is 9.88. The normalized spacial score (nSPS) is 20.4. The van der Waals surface area contributed by atoms with Crippen LogP contribution in [-0.4, -0.2) is 77.1 Å². The Balaban J connectivity index is 1.26. The zero-order valence-electron chi connectivity index (χ0n) is 25.0. The van der Waals surface area contributed by atoms with Crippen molar-refractivity contribution in [3.05, 3.63) is 65.6 Å². The number of aromatic nitrogens is 4. The standard InChI is InChI=1S/C32H38FN7O3/c1-21-15-39-19-34-14-24(39)16-40(21)31-26-9-11-38(17-28(26)35-32(36-31)42-18-23-7-5-10-37(23)2)29-13-25(43-20-41-3)12-22-6-4-8-27(33)30(22)29/h4,6,8,12-14,19,21,23H,5,7,9-11,15-18,20H2,1-3H3/t21-,23+/m1/s1. The third-order valence-electron chi connectivity index (χ3n) is 9.06. The van der Waals surface area contributed by atoms with Crippen LogP contribution in [0.15, 0.2) is 42.9 Å². The summed E-state index contributed by atoms with van der Waals surface area (Å²) in [5.74, 6) is 1.29. The number of ether oxygens (including phenoxy) is 3. The molecule has 0 aliphatic carbocycles. The summed E-state index contributed by atoms with van der Waals surface area (Å²) < 4.78 is 34.8. The van der Waals surface area contributed by atoms with Crippen molar-refractivity contribution < 1.29 is 18.6 Å². The molecule has 226 valence electrons. The molecule has 5 heterocycles. The number of likely N-dealkylation sites (N-methyl/N-ethyl adjacent to an activating group) is 1. The zero-order valence-corrected chi connectivity index (χ0v) is 25.0. The molecular formula is C32H38FN7O3. The molecule has 3 aliphatic rings. The van der Waals surface area contributed by atoms with E-state index in [4.69, 9.17) is 24.2 Å². The minimum Gasteiger partial charge on any atom is -0.467 e. The van der Waals surface area contributed by atoms with Crippen molar-refractivity contribution in [2.75, 3.05) is 50.4 Å². The fraction of sp³-hybridized carbons (Fsp3) is 0.469. The molecule has 11 heteroatoms. The Morgan fingerprint density at radius 1 is 1.09 bits per heavy atom. The van der Waals surface area contributed by atoms with E-state index < -0.39 is 0 Å². The van der Waals surface area contributed by atoms with E-state index in [0.717, 1.165) is 59.8 Å². The van der Waals surface area contributed by atoms with Gasteiger partial charge in [0.2, 0.25) is 0 Å². The van der Waals surface area contributed by atoms with Gasteiger partial charge in [-0.3, -0.25) is 0 Å². The van der Waals surface area contributed by atoms with E-state index in [0.29, 0.717) is 49.4 Å². The van der Waals surface area contributed by atoms with E-state index in [1.807, 2.05) is 30.7 Å². The molecule has 2 aromatic heterocycles. The lowest BCUT2D eigenvalue weighted by Crippen LogP contribution is -2.43. The zero-order chi connectivity index (χ0) is 29.5. The maximum absolute atomic E-state index is 15.3. The van der Waals surface area contributed by atoms with Crippen molar-refractivity contribution in [2.24, 2.45) is 0 Å². The lowest BCUT2D eigenvalue weighted by molar-refractivity contribution is 0.0512. The predicted molar refractivity (Wildman–Crippen MR) is 162 cm³/mol. The molecule has 43 heavy (non-hydrogen) atoms. The van der Waals surface area contributed by atoms with Gasteiger partial charge in [-0.25, -0.2) is 9.37 Å². The Hall–Kier alpha value is -3.96. The highest BCUT2D eigenvalue weighted by molar-refractivity contribution is 5.96. The topological polar surface area (TPSA) is 81.0 Å². The number of benzene rings is 2. The smallest absolute Gasteiger partial charge is 0.318 e. The number of anilines is 2. The highest BCUT2D eigenvalue weighted by Crippen LogP contribution is 2.39. The van der Waals surface area contributed by atoms with Crippen LogP contribution in [0, 0.1) is 5.82 Å². The van der Waals surface area contributed by atoms with Crippen molar-refractivity contribution in [1.82, 2.24) is 24.4 Å². The van der Waals surface area contributed by atoms with Crippen molar-refractivity contribution in [3.8, 4) is 11.8 Å². The van der Waals surface area contributed by atoms with E-state index in [1.165, 1.54) is 12.5 Å². The second-order valence-corrected chi connectivity index (χ2v) is 11.9. The Morgan fingerprint density at radius 3 is 2.84 bits per heavy atom. The molecule has 0 unspecified atom stereocenters. The van der Waals surface area contributed by atoms with Crippen LogP contribution in [0.1, 0.15) is 36.7 Å². The van der Waals surface area contributed by atoms with Gasteiger partial charge in [0, 0.05) is 55.5 Å². The van der Waals surface area contributed by atoms with Crippen LogP contribution in [0.3, 0.4) is 0 Å². The highest BCUT2D eigenvalue weighted by atomic mass is 19.1. The van der Waals surface area contributed by atoms with Gasteiger partial charge in [-0.1, -0.05) is 12.1 Å². The van der Waals surface area contributed by atoms with Gasteiger partial charge in [-0.15, -0.1) is 0 Å². The Labute approximate surface area is 251 Å². The van der Waals surface area contributed by atoms with Gasteiger partial charge in [-0.05, 0) is 57.3 Å². The molecule has 2 atom stereocenters. The van der Waals surface area contributed by atoms with E-state index in [-0.39, 0.29) is 18.7 Å². The molecule has 0 saturated carbocycles. The minimum atomic E-state index is -0.261. The fourth-order valence-corrected chi connectivity index (χ4v) is 6.69. The molecule has 2 aromatic carbocycles. The molecule has 1 fully saturated rings. The summed E-state index contributed by atoms with van der Waals surface area (Å²) in [7, 11) is 3.73. The van der Waals surface area contributed by atoms with Crippen LogP contribution in [0.5, 0.6) is 11.8 Å². The highest BCUT2D eigenvalue weighted by Gasteiger charge is 2.32. The largest absolute Gasteiger partial charge is 0.467 e. The van der Waals surface area contributed by atoms with Gasteiger partial charge in [-0.2, -0.15) is 9.97 Å². The number of methoxy groups -OCH3 is 1. The number of nitrogens with zero attached hydrogens (tertiary/aromatic N) is 7. The summed E-state index contributed by atoms with van der Waals surface area (Å²) in [4.78, 5) is 21.3. The van der Waals surface area contributed by atoms with Crippen LogP contribution in [0.25, 0.3) is 10.8 Å². The van der Waals surface area contributed by atoms with E-state index in [2.05, 4.69) is 38.2 Å². The SMILES string of the molecule is COCOc1cc(N2CCc3c(nc(OC[C@@H]4CCCN4C)nc3N3Cc4cncn4C[C@H]3C)C2)c2c(F)cccc2c1. The van der Waals surface area contributed by atoms with Gasteiger partial charge in [0.25, 0.3) is 0 Å². The molecule has 0 spiro atoms. The average Bonchev–Trinajstić information content (AvgIpc) is 3.65. The van der Waals surface area contributed by atoms with Crippen LogP contribution in [0.2, 0.25) is 0 Å². The first-order valence-corrected chi connectivity index (χ1v) is 15.1. The number of rotatable bonds is 8. The van der Waals surface area contributed by atoms with Crippen LogP contribution in [-0.2, 0) is 30.8 Å². The lowest BCUT2D eigenvalue weighted by atomic mass is 10.0. The van der Waals surface area contributed by atoms with Gasteiger partial charge >= 0.3 is 6.01 Å².